The number of hydrogen-bond acceptors (Lipinski definition) is 15. The molecule has 0 aliphatic carbocycles. The van der Waals surface area contributed by atoms with Crippen molar-refractivity contribution in [3.8, 4) is 23.0 Å². The van der Waals surface area contributed by atoms with Gasteiger partial charge in [-0.2, -0.15) is 5.10 Å². The number of ketones is 1. The number of likely N-dealkylation sites (N-methyl/N-ethyl adjacent to an activating group) is 1. The molecule has 0 unspecified atom stereocenters. The maximum Gasteiger partial charge on any atom is 0.312 e. The van der Waals surface area contributed by atoms with E-state index in [1.54, 1.807) is 44.9 Å². The van der Waals surface area contributed by atoms with E-state index in [2.05, 4.69) is 15.3 Å². The molecule has 2 aromatic carbocycles. The first-order valence-corrected chi connectivity index (χ1v) is 19.8. The summed E-state index contributed by atoms with van der Waals surface area (Å²) in [6.45, 7) is 15.1. The number of ether oxygens (including phenoxy) is 4. The minimum Gasteiger partial charge on any atom is -0.507 e. The first-order valence-electron chi connectivity index (χ1n) is 19.8. The number of esters is 1. The van der Waals surface area contributed by atoms with Crippen molar-refractivity contribution < 1.29 is 58.9 Å². The molecule has 4 aliphatic rings. The molecule has 9 atom stereocenters. The summed E-state index contributed by atoms with van der Waals surface area (Å²) >= 11 is 0. The number of aromatic hydroxyl groups is 3. The first kappa shape index (κ1) is 44.9. The van der Waals surface area contributed by atoms with Crippen LogP contribution in [0.4, 0.5) is 5.69 Å². The number of allylic oxidation sites excluding steroid dienone is 2. The SMILES string of the molecule is CO[C@H]1C=CO[C@@]2(C)Oc3c(C)c(O)c4c(O)c(c(/C=N/N5CCN(C)CC5)c(O)c4c3C2=O)NC(=O)C(C)=CC=C[C@H](C)[C@H](O)[C@@H](C)[C@@H](OC(C)=O)[C@@H](C)[C@H](O)[C@@H]1C. The maximum absolute atomic E-state index is 14.4. The molecule has 4 heterocycles. The molecule has 1 saturated heterocycles. The van der Waals surface area contributed by atoms with Gasteiger partial charge in [-0.3, -0.25) is 19.4 Å². The molecule has 59 heavy (non-hydrogen) atoms. The van der Waals surface area contributed by atoms with Gasteiger partial charge in [-0.25, -0.2) is 0 Å². The van der Waals surface area contributed by atoms with E-state index < -0.39 is 88.8 Å². The van der Waals surface area contributed by atoms with Crippen LogP contribution in [0.3, 0.4) is 0 Å². The van der Waals surface area contributed by atoms with Gasteiger partial charge in [0.1, 0.15) is 23.4 Å². The number of aliphatic hydroxyl groups excluding tert-OH is 2. The van der Waals surface area contributed by atoms with Crippen LogP contribution >= 0.6 is 0 Å². The standard InChI is InChI=1S/C43H58N4O12/c1-21-12-11-13-22(2)42(55)45-33-28(20-44-47-17-15-46(9)16-18-47)37(52)30-31(38(33)53)36(51)26(6)40-32(30)41(54)43(8,59-40)57-19-14-29(56-10)23(3)35(50)25(5)39(58-27(7)48)24(4)34(21)49/h11-14,19-21,23-25,29,34-35,39,49-53H,15-18H2,1-10H3,(H,45,55)/b12-11?,19-14?,22-13?,44-20+/t21-,23+,24+,25-,29-,34-,35+,39+,43-/m0/s1. The number of fused-ring (bicyclic) bond motifs is 14. The maximum atomic E-state index is 14.4. The molecule has 0 radical (unpaired) electrons. The van der Waals surface area contributed by atoms with Crippen LogP contribution in [0.5, 0.6) is 23.0 Å². The smallest absolute Gasteiger partial charge is 0.312 e. The molecule has 1 fully saturated rings. The molecule has 16 heteroatoms. The van der Waals surface area contributed by atoms with Crippen molar-refractivity contribution >= 4 is 40.3 Å². The van der Waals surface area contributed by atoms with Crippen molar-refractivity contribution in [2.45, 2.75) is 85.6 Å². The van der Waals surface area contributed by atoms with Gasteiger partial charge in [-0.1, -0.05) is 45.9 Å². The Morgan fingerprint density at radius 1 is 0.949 bits per heavy atom. The third-order valence-electron chi connectivity index (χ3n) is 11.9. The van der Waals surface area contributed by atoms with Crippen molar-refractivity contribution in [3.63, 3.8) is 0 Å². The van der Waals surface area contributed by atoms with Crippen molar-refractivity contribution in [1.82, 2.24) is 9.91 Å². The van der Waals surface area contributed by atoms with E-state index in [0.29, 0.717) is 13.1 Å². The fraction of sp³-hybridized carbons (Fsp3) is 0.535. The minimum absolute atomic E-state index is 0.0584. The van der Waals surface area contributed by atoms with Gasteiger partial charge in [0, 0.05) is 87.3 Å². The number of amides is 1. The summed E-state index contributed by atoms with van der Waals surface area (Å²) in [4.78, 5) is 42.6. The van der Waals surface area contributed by atoms with E-state index in [4.69, 9.17) is 18.9 Å². The second-order valence-electron chi connectivity index (χ2n) is 16.1. The summed E-state index contributed by atoms with van der Waals surface area (Å²) in [7, 11) is 3.42. The predicted molar refractivity (Wildman–Crippen MR) is 220 cm³/mol. The number of nitrogens with zero attached hydrogens (tertiary/aromatic N) is 3. The van der Waals surface area contributed by atoms with Gasteiger partial charge in [0.25, 0.3) is 11.7 Å². The largest absolute Gasteiger partial charge is 0.507 e. The number of hydrazone groups is 1. The van der Waals surface area contributed by atoms with Crippen LogP contribution in [0.2, 0.25) is 0 Å². The Hall–Kier alpha value is -5.16. The molecular formula is C43H58N4O12. The van der Waals surface area contributed by atoms with Crippen LogP contribution in [-0.4, -0.2) is 130 Å². The number of anilines is 1. The number of Topliss-reactive ketones (excluding diaryl/α,β-unsaturated/α-hetero) is 1. The van der Waals surface area contributed by atoms with E-state index in [0.717, 1.165) is 13.1 Å². The van der Waals surface area contributed by atoms with Gasteiger partial charge in [-0.15, -0.1) is 0 Å². The number of methoxy groups -OCH3 is 1. The number of phenolic OH excluding ortho intramolecular Hbond substituents is 3. The van der Waals surface area contributed by atoms with Crippen molar-refractivity contribution in [1.29, 1.82) is 0 Å². The van der Waals surface area contributed by atoms with E-state index in [1.165, 1.54) is 59.4 Å². The van der Waals surface area contributed by atoms with Crippen LogP contribution < -0.4 is 10.1 Å². The lowest BCUT2D eigenvalue weighted by atomic mass is 9.78. The Bertz CT molecular complexity index is 2070. The second kappa shape index (κ2) is 18.0. The molecule has 5 bridgehead atoms. The number of piperazine rings is 1. The average molecular weight is 823 g/mol. The zero-order valence-electron chi connectivity index (χ0n) is 35.3. The Morgan fingerprint density at radius 3 is 2.22 bits per heavy atom. The van der Waals surface area contributed by atoms with Crippen LogP contribution in [-0.2, 0) is 23.8 Å². The summed E-state index contributed by atoms with van der Waals surface area (Å²) in [5.74, 6) is -8.33. The van der Waals surface area contributed by atoms with Crippen LogP contribution in [0.25, 0.3) is 10.8 Å². The van der Waals surface area contributed by atoms with Gasteiger partial charge < -0.3 is 54.7 Å². The molecule has 6 N–H and O–H groups in total. The van der Waals surface area contributed by atoms with Gasteiger partial charge in [0.15, 0.2) is 5.75 Å². The number of phenols is 3. The van der Waals surface area contributed by atoms with E-state index in [-0.39, 0.29) is 44.5 Å². The fourth-order valence-electron chi connectivity index (χ4n) is 7.92. The first-order chi connectivity index (χ1) is 27.7. The van der Waals surface area contributed by atoms with Crippen molar-refractivity contribution in [3.05, 3.63) is 52.8 Å². The number of rotatable bonds is 4. The van der Waals surface area contributed by atoms with E-state index >= 15 is 0 Å². The number of carbonyl (C=O) groups is 3. The second-order valence-corrected chi connectivity index (χ2v) is 16.1. The summed E-state index contributed by atoms with van der Waals surface area (Å²) < 4.78 is 23.5. The highest BCUT2D eigenvalue weighted by molar-refractivity contribution is 6.23. The molecule has 322 valence electrons. The summed E-state index contributed by atoms with van der Waals surface area (Å²) in [5.41, 5.74) is -0.350. The molecule has 16 nitrogen and oxygen atoms in total. The molecule has 4 aliphatic heterocycles. The lowest BCUT2D eigenvalue weighted by Gasteiger charge is -2.38. The van der Waals surface area contributed by atoms with Crippen molar-refractivity contribution in [2.75, 3.05) is 45.7 Å². The minimum atomic E-state index is -2.04. The molecule has 1 amide bonds. The topological polar surface area (TPSA) is 220 Å². The van der Waals surface area contributed by atoms with Gasteiger partial charge in [0.2, 0.25) is 0 Å². The monoisotopic (exact) mass is 822 g/mol. The predicted octanol–water partition coefficient (Wildman–Crippen LogP) is 4.34. The molecule has 0 spiro atoms. The van der Waals surface area contributed by atoms with E-state index in [9.17, 15) is 39.9 Å². The molecule has 0 saturated carbocycles. The van der Waals surface area contributed by atoms with Crippen LogP contribution in [0, 0.1) is 30.6 Å². The normalized spacial score (nSPS) is 30.1. The zero-order chi connectivity index (χ0) is 43.7. The number of hydrogen-bond donors (Lipinski definition) is 6. The Morgan fingerprint density at radius 2 is 1.59 bits per heavy atom. The van der Waals surface area contributed by atoms with Gasteiger partial charge in [0.05, 0.1) is 53.0 Å². The highest BCUT2D eigenvalue weighted by Crippen LogP contribution is 2.55. The van der Waals surface area contributed by atoms with Gasteiger partial charge >= 0.3 is 11.8 Å². The highest BCUT2D eigenvalue weighted by atomic mass is 16.7. The molecule has 0 aromatic heterocycles. The summed E-state index contributed by atoms with van der Waals surface area (Å²) in [6, 6.07) is 0. The summed E-state index contributed by atoms with van der Waals surface area (Å²) in [5, 5.41) is 67.0. The average Bonchev–Trinajstić information content (AvgIpc) is 3.46. The zero-order valence-corrected chi connectivity index (χ0v) is 35.3. The third kappa shape index (κ3) is 8.91. The number of aliphatic hydroxyl groups is 2. The molecular weight excluding hydrogens is 764 g/mol. The molecule has 6 rings (SSSR count). The lowest BCUT2D eigenvalue weighted by Crippen LogP contribution is -2.46. The van der Waals surface area contributed by atoms with Gasteiger partial charge in [-0.05, 0) is 27.0 Å². The Labute approximate surface area is 344 Å². The van der Waals surface area contributed by atoms with Crippen LogP contribution in [0.1, 0.15) is 70.0 Å². The number of benzene rings is 2. The Kier molecular flexibility index (Phi) is 13.7. The van der Waals surface area contributed by atoms with E-state index in [1.807, 2.05) is 7.05 Å². The van der Waals surface area contributed by atoms with Crippen LogP contribution in [0.15, 0.2) is 41.2 Å². The fourth-order valence-corrected chi connectivity index (χ4v) is 7.92. The highest BCUT2D eigenvalue weighted by Gasteiger charge is 2.50. The lowest BCUT2D eigenvalue weighted by molar-refractivity contribution is -0.161. The number of nitrogens with one attached hydrogen (secondary N) is 1. The quantitative estimate of drug-likeness (QED) is 0.109. The third-order valence-corrected chi connectivity index (χ3v) is 11.9. The Balaban J connectivity index is 1.70. The number of carbonyl (C=O) groups excluding carboxylic acids is 3. The molecule has 2 aromatic rings. The van der Waals surface area contributed by atoms with Crippen molar-refractivity contribution in [2.24, 2.45) is 28.8 Å². The summed E-state index contributed by atoms with van der Waals surface area (Å²) in [6.07, 6.45) is 4.85.